The van der Waals surface area contributed by atoms with E-state index < -0.39 is 5.60 Å². The van der Waals surface area contributed by atoms with Crippen LogP contribution in [0.3, 0.4) is 0 Å². The van der Waals surface area contributed by atoms with Crippen molar-refractivity contribution < 1.29 is 9.90 Å². The quantitative estimate of drug-likeness (QED) is 0.599. The lowest BCUT2D eigenvalue weighted by atomic mass is 9.54. The number of fused-ring (bicyclic) bond motifs is 2. The van der Waals surface area contributed by atoms with Gasteiger partial charge in [0.05, 0.1) is 5.60 Å². The molecule has 4 nitrogen and oxygen atoms in total. The Labute approximate surface area is 195 Å². The second-order valence-electron chi connectivity index (χ2n) is 11.8. The van der Waals surface area contributed by atoms with Gasteiger partial charge in [-0.15, -0.1) is 0 Å². The minimum atomic E-state index is -0.768. The number of ketones is 1. The molecule has 1 spiro atoms. The van der Waals surface area contributed by atoms with Crippen LogP contribution in [0, 0.1) is 17.3 Å². The molecule has 6 atom stereocenters. The van der Waals surface area contributed by atoms with Crippen molar-refractivity contribution in [3.8, 4) is 0 Å². The Hall–Kier alpha value is -0.970. The average Bonchev–Trinajstić information content (AvgIpc) is 3.05. The zero-order chi connectivity index (χ0) is 22.3. The molecule has 3 saturated heterocycles. The highest BCUT2D eigenvalue weighted by Gasteiger charge is 2.65. The SMILES string of the molecule is CC(C)C1=C[C@]2(O)CC/C=C\CCCCN3CC[C@H]1[C@@]1(C[C@H]4CCC(=O)CCCN4[C@H]12)C3. The summed E-state index contributed by atoms with van der Waals surface area (Å²) in [7, 11) is 0. The van der Waals surface area contributed by atoms with E-state index in [4.69, 9.17) is 0 Å². The van der Waals surface area contributed by atoms with Crippen LogP contribution in [-0.2, 0) is 4.79 Å². The van der Waals surface area contributed by atoms with E-state index >= 15 is 0 Å². The van der Waals surface area contributed by atoms with Crippen LogP contribution >= 0.6 is 0 Å². The van der Waals surface area contributed by atoms with E-state index in [2.05, 4.69) is 41.9 Å². The molecular formula is C28H44N2O2. The van der Waals surface area contributed by atoms with E-state index in [1.165, 1.54) is 44.3 Å². The van der Waals surface area contributed by atoms with Gasteiger partial charge in [-0.05, 0) is 89.3 Å². The third-order valence-corrected chi connectivity index (χ3v) is 9.47. The summed E-state index contributed by atoms with van der Waals surface area (Å²) in [6.07, 6.45) is 18.3. The molecule has 1 aliphatic carbocycles. The van der Waals surface area contributed by atoms with Crippen molar-refractivity contribution in [2.24, 2.45) is 17.3 Å². The van der Waals surface area contributed by atoms with Gasteiger partial charge < -0.3 is 10.0 Å². The first-order valence-corrected chi connectivity index (χ1v) is 13.5. The van der Waals surface area contributed by atoms with Crippen LogP contribution in [0.25, 0.3) is 0 Å². The minimum absolute atomic E-state index is 0.122. The molecule has 32 heavy (non-hydrogen) atoms. The molecule has 1 unspecified atom stereocenters. The lowest BCUT2D eigenvalue weighted by molar-refractivity contribution is -0.121. The number of hydrogen-bond acceptors (Lipinski definition) is 4. The van der Waals surface area contributed by atoms with Crippen LogP contribution < -0.4 is 0 Å². The van der Waals surface area contributed by atoms with Crippen molar-refractivity contribution >= 4 is 5.78 Å². The van der Waals surface area contributed by atoms with Gasteiger partial charge >= 0.3 is 0 Å². The van der Waals surface area contributed by atoms with Crippen LogP contribution in [-0.4, -0.2) is 64.6 Å². The fourth-order valence-corrected chi connectivity index (χ4v) is 8.26. The largest absolute Gasteiger partial charge is 0.384 e. The summed E-state index contributed by atoms with van der Waals surface area (Å²) in [5.74, 6) is 1.50. The molecule has 4 heterocycles. The Bertz CT molecular complexity index is 773. The number of nitrogens with zero attached hydrogens (tertiary/aromatic N) is 2. The Kier molecular flexibility index (Phi) is 6.41. The van der Waals surface area contributed by atoms with Crippen LogP contribution in [0.4, 0.5) is 0 Å². The fourth-order valence-electron chi connectivity index (χ4n) is 8.26. The number of hydrogen-bond donors (Lipinski definition) is 1. The maximum atomic E-state index is 12.5. The van der Waals surface area contributed by atoms with Gasteiger partial charge in [-0.1, -0.05) is 37.6 Å². The number of Topliss-reactive ketones (excluding diaryl/α,β-unsaturated/α-hetero) is 1. The van der Waals surface area contributed by atoms with E-state index in [1.54, 1.807) is 0 Å². The van der Waals surface area contributed by atoms with E-state index in [1.807, 2.05) is 0 Å². The van der Waals surface area contributed by atoms with Gasteiger partial charge in [-0.3, -0.25) is 9.69 Å². The molecule has 1 N–H and O–H groups in total. The van der Waals surface area contributed by atoms with Gasteiger partial charge in [0.2, 0.25) is 0 Å². The second kappa shape index (κ2) is 9.00. The van der Waals surface area contributed by atoms with E-state index in [9.17, 15) is 9.90 Å². The summed E-state index contributed by atoms with van der Waals surface area (Å²) in [6, 6.07) is 0.638. The highest BCUT2D eigenvalue weighted by Crippen LogP contribution is 2.61. The molecule has 5 rings (SSSR count). The molecule has 178 valence electrons. The standard InChI is InChI=1S/C28H44N2O2/c1-21(2)24-19-28(32)14-7-5-3-4-6-8-15-29-17-13-25(24)27(20-29)18-22-11-12-23(31)10-9-16-30(22)26(27)28/h3,5,19,21-22,25-26,32H,4,6-18,20H2,1-2H3/b5-3-/t22-,25-,26-,27-,28-/m1/s1. The van der Waals surface area contributed by atoms with Gasteiger partial charge in [0, 0.05) is 36.9 Å². The zero-order valence-corrected chi connectivity index (χ0v) is 20.4. The summed E-state index contributed by atoms with van der Waals surface area (Å²) < 4.78 is 0. The first kappa shape index (κ1) is 22.8. The number of piperidine rings is 1. The van der Waals surface area contributed by atoms with Gasteiger partial charge in [0.1, 0.15) is 5.78 Å². The maximum Gasteiger partial charge on any atom is 0.133 e. The molecule has 0 saturated carbocycles. The Morgan fingerprint density at radius 3 is 2.72 bits per heavy atom. The Balaban J connectivity index is 1.61. The van der Waals surface area contributed by atoms with Crippen molar-refractivity contribution in [3.05, 3.63) is 23.8 Å². The summed E-state index contributed by atoms with van der Waals surface area (Å²) in [5.41, 5.74) is 0.876. The van der Waals surface area contributed by atoms with Crippen molar-refractivity contribution in [1.82, 2.24) is 9.80 Å². The Morgan fingerprint density at radius 1 is 1.03 bits per heavy atom. The number of carbonyl (C=O) groups excluding carboxylic acids is 1. The highest BCUT2D eigenvalue weighted by molar-refractivity contribution is 5.78. The number of aliphatic hydroxyl groups is 1. The molecule has 0 aromatic carbocycles. The summed E-state index contributed by atoms with van der Waals surface area (Å²) >= 11 is 0. The third-order valence-electron chi connectivity index (χ3n) is 9.47. The monoisotopic (exact) mass is 440 g/mol. The molecule has 4 heteroatoms. The second-order valence-corrected chi connectivity index (χ2v) is 11.8. The first-order chi connectivity index (χ1) is 15.4. The predicted octanol–water partition coefficient (Wildman–Crippen LogP) is 4.73. The van der Waals surface area contributed by atoms with Crippen LogP contribution in [0.5, 0.6) is 0 Å². The third kappa shape index (κ3) is 3.95. The van der Waals surface area contributed by atoms with Crippen LogP contribution in [0.1, 0.15) is 84.5 Å². The van der Waals surface area contributed by atoms with Crippen molar-refractivity contribution in [2.75, 3.05) is 26.2 Å². The molecule has 0 aromatic heterocycles. The molecule has 0 amide bonds. The van der Waals surface area contributed by atoms with Gasteiger partial charge in [0.25, 0.3) is 0 Å². The molecular weight excluding hydrogens is 396 g/mol. The first-order valence-electron chi connectivity index (χ1n) is 13.5. The zero-order valence-electron chi connectivity index (χ0n) is 20.4. The maximum absolute atomic E-state index is 12.5. The number of allylic oxidation sites excluding steroid dienone is 3. The van der Waals surface area contributed by atoms with Gasteiger partial charge in [-0.25, -0.2) is 0 Å². The van der Waals surface area contributed by atoms with E-state index in [0.29, 0.717) is 30.1 Å². The summed E-state index contributed by atoms with van der Waals surface area (Å²) in [6.45, 7) is 9.15. The fraction of sp³-hybridized carbons (Fsp3) is 0.821. The average molecular weight is 441 g/mol. The minimum Gasteiger partial charge on any atom is -0.384 e. The van der Waals surface area contributed by atoms with E-state index in [-0.39, 0.29) is 11.5 Å². The normalized spacial score (nSPS) is 44.4. The number of carbonyl (C=O) groups is 1. The van der Waals surface area contributed by atoms with Crippen LogP contribution in [0.2, 0.25) is 0 Å². The number of rotatable bonds is 1. The molecule has 5 aliphatic rings. The molecule has 4 aliphatic heterocycles. The smallest absolute Gasteiger partial charge is 0.133 e. The van der Waals surface area contributed by atoms with Crippen molar-refractivity contribution in [1.29, 1.82) is 0 Å². The molecule has 3 bridgehead atoms. The van der Waals surface area contributed by atoms with Gasteiger partial charge in [-0.2, -0.15) is 0 Å². The highest BCUT2D eigenvalue weighted by atomic mass is 16.3. The summed E-state index contributed by atoms with van der Waals surface area (Å²) in [5, 5.41) is 12.5. The summed E-state index contributed by atoms with van der Waals surface area (Å²) in [4.78, 5) is 17.8. The molecule has 0 aromatic rings. The Morgan fingerprint density at radius 2 is 1.88 bits per heavy atom. The lowest BCUT2D eigenvalue weighted by Gasteiger charge is -2.59. The predicted molar refractivity (Wildman–Crippen MR) is 129 cm³/mol. The molecule has 0 radical (unpaired) electrons. The molecule has 3 fully saturated rings. The van der Waals surface area contributed by atoms with Crippen molar-refractivity contribution in [3.63, 3.8) is 0 Å². The van der Waals surface area contributed by atoms with E-state index in [0.717, 1.165) is 51.6 Å². The lowest BCUT2D eigenvalue weighted by Crippen LogP contribution is -2.66. The van der Waals surface area contributed by atoms with Gasteiger partial charge in [0.15, 0.2) is 0 Å². The van der Waals surface area contributed by atoms with Crippen LogP contribution in [0.15, 0.2) is 23.8 Å². The van der Waals surface area contributed by atoms with Crippen molar-refractivity contribution in [2.45, 2.75) is 102 Å². The topological polar surface area (TPSA) is 43.8 Å².